The van der Waals surface area contributed by atoms with E-state index in [4.69, 9.17) is 16.3 Å². The number of aliphatic hydroxyl groups excluding tert-OH is 2. The number of pyridine rings is 1. The molecule has 1 amide bonds. The Labute approximate surface area is 236 Å². The molecule has 4 heterocycles. The third-order valence-corrected chi connectivity index (χ3v) is 7.63. The summed E-state index contributed by atoms with van der Waals surface area (Å²) in [5.41, 5.74) is 2.41. The molecule has 0 radical (unpaired) electrons. The fraction of sp³-hybridized carbons (Fsp3) is 0.429. The van der Waals surface area contributed by atoms with Gasteiger partial charge in [-0.05, 0) is 51.0 Å². The van der Waals surface area contributed by atoms with Crippen LogP contribution in [0.4, 0.5) is 10.3 Å². The second-order valence-electron chi connectivity index (χ2n) is 10.1. The first-order chi connectivity index (χ1) is 19.2. The number of hydrogen-bond donors (Lipinski definition) is 4. The second-order valence-corrected chi connectivity index (χ2v) is 10.5. The number of carbonyl (C=O) groups is 1. The van der Waals surface area contributed by atoms with E-state index in [1.807, 2.05) is 19.1 Å². The first kappa shape index (κ1) is 28.3. The monoisotopic (exact) mass is 570 g/mol. The Balaban J connectivity index is 1.34. The highest BCUT2D eigenvalue weighted by Crippen LogP contribution is 2.34. The maximum Gasteiger partial charge on any atom is 0.255 e. The first-order valence-corrected chi connectivity index (χ1v) is 13.6. The van der Waals surface area contributed by atoms with Gasteiger partial charge in [-0.25, -0.2) is 14.4 Å². The molecule has 3 atom stereocenters. The largest absolute Gasteiger partial charge is 0.394 e. The number of aromatic nitrogens is 3. The molecule has 4 N–H and O–H groups in total. The maximum absolute atomic E-state index is 15.4. The summed E-state index contributed by atoms with van der Waals surface area (Å²) in [6, 6.07) is 7.05. The predicted molar refractivity (Wildman–Crippen MR) is 147 cm³/mol. The number of aliphatic hydroxyl groups is 2. The molecule has 0 aliphatic carbocycles. The van der Waals surface area contributed by atoms with Crippen molar-refractivity contribution in [3.63, 3.8) is 0 Å². The van der Waals surface area contributed by atoms with Crippen molar-refractivity contribution in [2.45, 2.75) is 57.6 Å². The van der Waals surface area contributed by atoms with Crippen molar-refractivity contribution in [1.29, 1.82) is 0 Å². The summed E-state index contributed by atoms with van der Waals surface area (Å²) in [5, 5.41) is 27.3. The van der Waals surface area contributed by atoms with Gasteiger partial charge in [0.25, 0.3) is 5.91 Å². The standard InChI is InChI=1S/C28H32ClFN6O4/c1-15-4-3-5-23(32-15)24(14-37)34-26(38)16(2)36-13-20-19(27(36)39)10-17(11-22(20)30)25-21(29)12-31-28(35-25)33-18-6-8-40-9-7-18/h3-5,10-12,16,18,24,26,34,37-38H,6-9,13-14H2,1-2H3,(H,31,33,35)/t16-,24-,26?/m1/s1. The molecule has 3 aromatic rings. The number of benzene rings is 1. The molecule has 212 valence electrons. The number of nitrogens with one attached hydrogen (secondary N) is 2. The van der Waals surface area contributed by atoms with Crippen LogP contribution in [0, 0.1) is 12.7 Å². The summed E-state index contributed by atoms with van der Waals surface area (Å²) in [6.07, 6.45) is 1.88. The van der Waals surface area contributed by atoms with Crippen molar-refractivity contribution in [1.82, 2.24) is 25.2 Å². The number of amides is 1. The summed E-state index contributed by atoms with van der Waals surface area (Å²) in [4.78, 5) is 28.0. The van der Waals surface area contributed by atoms with Crippen LogP contribution < -0.4 is 10.6 Å². The lowest BCUT2D eigenvalue weighted by molar-refractivity contribution is 0.0191. The van der Waals surface area contributed by atoms with Crippen molar-refractivity contribution >= 4 is 23.5 Å². The Morgan fingerprint density at radius 2 is 2.02 bits per heavy atom. The molecule has 1 fully saturated rings. The van der Waals surface area contributed by atoms with Crippen molar-refractivity contribution in [3.8, 4) is 11.3 Å². The van der Waals surface area contributed by atoms with Gasteiger partial charge in [-0.3, -0.25) is 15.1 Å². The fourth-order valence-electron chi connectivity index (χ4n) is 5.02. The number of rotatable bonds is 9. The molecule has 1 saturated heterocycles. The third kappa shape index (κ3) is 5.93. The lowest BCUT2D eigenvalue weighted by Crippen LogP contribution is -2.50. The van der Waals surface area contributed by atoms with Gasteiger partial charge in [0, 0.05) is 41.6 Å². The van der Waals surface area contributed by atoms with Gasteiger partial charge < -0.3 is 25.2 Å². The Hall–Kier alpha value is -3.22. The molecule has 5 rings (SSSR count). The first-order valence-electron chi connectivity index (χ1n) is 13.2. The topological polar surface area (TPSA) is 133 Å². The maximum atomic E-state index is 15.4. The average molecular weight is 571 g/mol. The van der Waals surface area contributed by atoms with Gasteiger partial charge >= 0.3 is 0 Å². The lowest BCUT2D eigenvalue weighted by Gasteiger charge is -2.31. The molecule has 2 aliphatic rings. The summed E-state index contributed by atoms with van der Waals surface area (Å²) in [6.45, 7) is 4.47. The number of anilines is 1. The quantitative estimate of drug-likeness (QED) is 0.286. The third-order valence-electron chi connectivity index (χ3n) is 7.36. The average Bonchev–Trinajstić information content (AvgIpc) is 3.29. The van der Waals surface area contributed by atoms with Crippen LogP contribution in [-0.4, -0.2) is 74.1 Å². The number of nitrogens with zero attached hydrogens (tertiary/aromatic N) is 4. The van der Waals surface area contributed by atoms with Crippen LogP contribution in [0.25, 0.3) is 11.3 Å². The summed E-state index contributed by atoms with van der Waals surface area (Å²) in [7, 11) is 0. The van der Waals surface area contributed by atoms with Crippen molar-refractivity contribution in [2.24, 2.45) is 0 Å². The van der Waals surface area contributed by atoms with Crippen molar-refractivity contribution in [2.75, 3.05) is 25.1 Å². The second kappa shape index (κ2) is 12.1. The number of carbonyl (C=O) groups excluding carboxylic acids is 1. The van der Waals surface area contributed by atoms with Crippen LogP contribution >= 0.6 is 11.6 Å². The van der Waals surface area contributed by atoms with Crippen molar-refractivity contribution < 1.29 is 24.1 Å². The van der Waals surface area contributed by atoms with E-state index in [1.165, 1.54) is 17.2 Å². The zero-order chi connectivity index (χ0) is 28.4. The van der Waals surface area contributed by atoms with Crippen LogP contribution in [0.3, 0.4) is 0 Å². The molecule has 2 aromatic heterocycles. The zero-order valence-electron chi connectivity index (χ0n) is 22.3. The van der Waals surface area contributed by atoms with Gasteiger partial charge in [-0.2, -0.15) is 0 Å². The normalized spacial score (nSPS) is 17.9. The van der Waals surface area contributed by atoms with Crippen LogP contribution in [-0.2, 0) is 11.3 Å². The molecule has 0 saturated carbocycles. The van der Waals surface area contributed by atoms with Gasteiger partial charge in [-0.1, -0.05) is 17.7 Å². The molecule has 0 spiro atoms. The Kier molecular flexibility index (Phi) is 8.57. The van der Waals surface area contributed by atoms with Gasteiger partial charge in [0.2, 0.25) is 5.95 Å². The van der Waals surface area contributed by atoms with E-state index in [0.717, 1.165) is 18.5 Å². The minimum absolute atomic E-state index is 0.0132. The number of halogens is 2. The summed E-state index contributed by atoms with van der Waals surface area (Å²) in [5.74, 6) is -0.627. The number of fused-ring (bicyclic) bond motifs is 1. The molecular formula is C28H32ClFN6O4. The SMILES string of the molecule is Cc1cccc([C@@H](CO)NC(O)[C@@H](C)N2Cc3c(F)cc(-c4nc(NC5CCOCC5)ncc4Cl)cc3C2=O)n1. The van der Waals surface area contributed by atoms with E-state index in [9.17, 15) is 15.0 Å². The predicted octanol–water partition coefficient (Wildman–Crippen LogP) is 3.22. The zero-order valence-corrected chi connectivity index (χ0v) is 23.0. The van der Waals surface area contributed by atoms with E-state index in [1.54, 1.807) is 19.1 Å². The summed E-state index contributed by atoms with van der Waals surface area (Å²) >= 11 is 6.40. The van der Waals surface area contributed by atoms with E-state index >= 15 is 4.39 Å². The smallest absolute Gasteiger partial charge is 0.255 e. The fourth-order valence-corrected chi connectivity index (χ4v) is 5.22. The highest BCUT2D eigenvalue weighted by Gasteiger charge is 2.37. The minimum atomic E-state index is -1.21. The highest BCUT2D eigenvalue weighted by atomic mass is 35.5. The number of ether oxygens (including phenoxy) is 1. The van der Waals surface area contributed by atoms with Gasteiger partial charge in [0.1, 0.15) is 12.0 Å². The molecule has 1 unspecified atom stereocenters. The summed E-state index contributed by atoms with van der Waals surface area (Å²) < 4.78 is 20.8. The molecule has 1 aromatic carbocycles. The van der Waals surface area contributed by atoms with Gasteiger partial charge in [0.05, 0.1) is 47.8 Å². The Morgan fingerprint density at radius 3 is 2.75 bits per heavy atom. The van der Waals surface area contributed by atoms with E-state index in [2.05, 4.69) is 25.6 Å². The van der Waals surface area contributed by atoms with E-state index < -0.39 is 30.0 Å². The van der Waals surface area contributed by atoms with Crippen LogP contribution in [0.1, 0.15) is 53.1 Å². The lowest BCUT2D eigenvalue weighted by atomic mass is 10.0. The molecular weight excluding hydrogens is 539 g/mol. The molecule has 0 bridgehead atoms. The van der Waals surface area contributed by atoms with Crippen LogP contribution in [0.5, 0.6) is 0 Å². The Bertz CT molecular complexity index is 1390. The van der Waals surface area contributed by atoms with E-state index in [0.29, 0.717) is 36.1 Å². The number of hydrogen-bond acceptors (Lipinski definition) is 9. The highest BCUT2D eigenvalue weighted by molar-refractivity contribution is 6.33. The minimum Gasteiger partial charge on any atom is -0.394 e. The molecule has 10 nitrogen and oxygen atoms in total. The van der Waals surface area contributed by atoms with Crippen LogP contribution in [0.2, 0.25) is 5.02 Å². The van der Waals surface area contributed by atoms with Crippen molar-refractivity contribution in [3.05, 3.63) is 69.9 Å². The van der Waals surface area contributed by atoms with Gasteiger partial charge in [0.15, 0.2) is 0 Å². The number of aryl methyl sites for hydroxylation is 1. The van der Waals surface area contributed by atoms with Crippen LogP contribution in [0.15, 0.2) is 36.5 Å². The Morgan fingerprint density at radius 1 is 1.25 bits per heavy atom. The van der Waals surface area contributed by atoms with E-state index in [-0.39, 0.29) is 35.3 Å². The molecule has 2 aliphatic heterocycles. The van der Waals surface area contributed by atoms with Gasteiger partial charge in [-0.15, -0.1) is 0 Å². The molecule has 12 heteroatoms. The molecule has 40 heavy (non-hydrogen) atoms.